The fourth-order valence-electron chi connectivity index (χ4n) is 2.29. The van der Waals surface area contributed by atoms with E-state index in [2.05, 4.69) is 5.32 Å². The molecular formula is C13H12F3N3O3. The van der Waals surface area contributed by atoms with E-state index in [9.17, 15) is 28.1 Å². The molecule has 1 aliphatic rings. The molecule has 0 saturated heterocycles. The van der Waals surface area contributed by atoms with Gasteiger partial charge in [0.25, 0.3) is 5.70 Å². The number of carbonyl (C=O) groups excluding carboxylic acids is 1. The molecule has 1 aliphatic heterocycles. The van der Waals surface area contributed by atoms with Crippen molar-refractivity contribution in [2.45, 2.75) is 19.1 Å². The lowest BCUT2D eigenvalue weighted by molar-refractivity contribution is -0.433. The zero-order valence-electron chi connectivity index (χ0n) is 11.6. The maximum absolute atomic E-state index is 13.1. The molecule has 0 spiro atoms. The van der Waals surface area contributed by atoms with Crippen LogP contribution in [0.5, 0.6) is 0 Å². The number of nitro groups is 1. The third-order valence-corrected chi connectivity index (χ3v) is 3.49. The van der Waals surface area contributed by atoms with Crippen molar-refractivity contribution in [1.82, 2.24) is 10.2 Å². The molecule has 0 fully saturated rings. The highest BCUT2D eigenvalue weighted by molar-refractivity contribution is 5.78. The van der Waals surface area contributed by atoms with E-state index in [1.165, 1.54) is 26.1 Å². The lowest BCUT2D eigenvalue weighted by atomic mass is 9.95. The van der Waals surface area contributed by atoms with Crippen LogP contribution in [0.1, 0.15) is 24.1 Å². The molecule has 2 rings (SSSR count). The Balaban J connectivity index is 2.66. The van der Waals surface area contributed by atoms with Crippen LogP contribution in [0.4, 0.5) is 18.0 Å². The van der Waals surface area contributed by atoms with Gasteiger partial charge in [-0.05, 0) is 18.6 Å². The average Bonchev–Trinajstić information content (AvgIpc) is 2.43. The van der Waals surface area contributed by atoms with Gasteiger partial charge in [-0.25, -0.2) is 4.79 Å². The Morgan fingerprint density at radius 2 is 1.91 bits per heavy atom. The van der Waals surface area contributed by atoms with Crippen molar-refractivity contribution in [1.29, 1.82) is 0 Å². The van der Waals surface area contributed by atoms with E-state index in [1.54, 1.807) is 0 Å². The van der Waals surface area contributed by atoms with Gasteiger partial charge >= 0.3 is 12.2 Å². The predicted octanol–water partition coefficient (Wildman–Crippen LogP) is 2.91. The van der Waals surface area contributed by atoms with Crippen molar-refractivity contribution in [3.63, 3.8) is 0 Å². The molecule has 2 amide bonds. The SMILES string of the molecule is CC1=C([N+](=O)[O-])[C@H](c2ccccc2C(F)(F)F)NC(=O)N1C. The average molecular weight is 315 g/mol. The number of amides is 2. The number of hydrogen-bond donors (Lipinski definition) is 1. The van der Waals surface area contributed by atoms with Crippen molar-refractivity contribution in [3.8, 4) is 0 Å². The number of hydrogen-bond acceptors (Lipinski definition) is 3. The lowest BCUT2D eigenvalue weighted by Crippen LogP contribution is -2.46. The highest BCUT2D eigenvalue weighted by Gasteiger charge is 2.43. The second kappa shape index (κ2) is 5.32. The molecule has 1 N–H and O–H groups in total. The molecule has 118 valence electrons. The van der Waals surface area contributed by atoms with Crippen LogP contribution in [0.3, 0.4) is 0 Å². The second-order valence-electron chi connectivity index (χ2n) is 4.75. The van der Waals surface area contributed by atoms with E-state index >= 15 is 0 Å². The molecular weight excluding hydrogens is 303 g/mol. The lowest BCUT2D eigenvalue weighted by Gasteiger charge is -2.30. The van der Waals surface area contributed by atoms with Gasteiger partial charge in [0.05, 0.1) is 16.2 Å². The fourth-order valence-corrected chi connectivity index (χ4v) is 2.29. The van der Waals surface area contributed by atoms with Gasteiger partial charge in [0.1, 0.15) is 6.04 Å². The van der Waals surface area contributed by atoms with Gasteiger partial charge in [0.2, 0.25) is 0 Å². The quantitative estimate of drug-likeness (QED) is 0.673. The van der Waals surface area contributed by atoms with Crippen molar-refractivity contribution < 1.29 is 22.9 Å². The number of rotatable bonds is 2. The first-order valence-corrected chi connectivity index (χ1v) is 6.20. The number of benzene rings is 1. The summed E-state index contributed by atoms with van der Waals surface area (Å²) in [7, 11) is 1.31. The van der Waals surface area contributed by atoms with Crippen LogP contribution in [0.2, 0.25) is 0 Å². The Labute approximate surface area is 123 Å². The molecule has 1 aromatic rings. The monoisotopic (exact) mass is 315 g/mol. The van der Waals surface area contributed by atoms with E-state index in [-0.39, 0.29) is 11.3 Å². The summed E-state index contributed by atoms with van der Waals surface area (Å²) in [5.74, 6) is 0. The molecule has 9 heteroatoms. The Morgan fingerprint density at radius 3 is 2.45 bits per heavy atom. The fraction of sp³-hybridized carbons (Fsp3) is 0.308. The molecule has 0 saturated carbocycles. The van der Waals surface area contributed by atoms with Gasteiger partial charge in [-0.2, -0.15) is 13.2 Å². The summed E-state index contributed by atoms with van der Waals surface area (Å²) in [5, 5.41) is 13.5. The summed E-state index contributed by atoms with van der Waals surface area (Å²) >= 11 is 0. The second-order valence-corrected chi connectivity index (χ2v) is 4.75. The summed E-state index contributed by atoms with van der Waals surface area (Å²) in [5.41, 5.74) is -1.87. The highest BCUT2D eigenvalue weighted by atomic mass is 19.4. The number of nitrogens with zero attached hydrogens (tertiary/aromatic N) is 2. The maximum atomic E-state index is 13.1. The first-order valence-electron chi connectivity index (χ1n) is 6.20. The highest BCUT2D eigenvalue weighted by Crippen LogP contribution is 2.38. The summed E-state index contributed by atoms with van der Waals surface area (Å²) < 4.78 is 39.3. The van der Waals surface area contributed by atoms with Crippen molar-refractivity contribution in [3.05, 3.63) is 56.9 Å². The third kappa shape index (κ3) is 2.61. The minimum Gasteiger partial charge on any atom is -0.321 e. The number of allylic oxidation sites excluding steroid dienone is 1. The number of carbonyl (C=O) groups is 1. The molecule has 22 heavy (non-hydrogen) atoms. The van der Waals surface area contributed by atoms with E-state index < -0.39 is 34.4 Å². The van der Waals surface area contributed by atoms with Gasteiger partial charge in [0, 0.05) is 7.05 Å². The van der Waals surface area contributed by atoms with Crippen LogP contribution in [-0.2, 0) is 6.18 Å². The van der Waals surface area contributed by atoms with Gasteiger partial charge in [-0.15, -0.1) is 0 Å². The summed E-state index contributed by atoms with van der Waals surface area (Å²) in [4.78, 5) is 23.3. The van der Waals surface area contributed by atoms with Gasteiger partial charge in [0.15, 0.2) is 0 Å². The van der Waals surface area contributed by atoms with Crippen LogP contribution < -0.4 is 5.32 Å². The molecule has 0 aliphatic carbocycles. The smallest absolute Gasteiger partial charge is 0.321 e. The van der Waals surface area contributed by atoms with Crippen LogP contribution >= 0.6 is 0 Å². The van der Waals surface area contributed by atoms with Gasteiger partial charge in [-0.1, -0.05) is 18.2 Å². The van der Waals surface area contributed by atoms with E-state index in [0.717, 1.165) is 17.0 Å². The Hall–Kier alpha value is -2.58. The summed E-state index contributed by atoms with van der Waals surface area (Å²) in [6.07, 6.45) is -4.68. The number of alkyl halides is 3. The minimum atomic E-state index is -4.68. The number of urea groups is 1. The maximum Gasteiger partial charge on any atom is 0.416 e. The van der Waals surface area contributed by atoms with Crippen LogP contribution in [0.25, 0.3) is 0 Å². The van der Waals surface area contributed by atoms with Gasteiger partial charge < -0.3 is 5.32 Å². The van der Waals surface area contributed by atoms with Gasteiger partial charge in [-0.3, -0.25) is 15.0 Å². The van der Waals surface area contributed by atoms with Crippen LogP contribution in [-0.4, -0.2) is 22.9 Å². The zero-order chi connectivity index (χ0) is 16.7. The molecule has 0 bridgehead atoms. The normalized spacial score (nSPS) is 19.2. The van der Waals surface area contributed by atoms with Crippen molar-refractivity contribution >= 4 is 6.03 Å². The number of halogens is 3. The first kappa shape index (κ1) is 15.8. The predicted molar refractivity (Wildman–Crippen MR) is 70.2 cm³/mol. The topological polar surface area (TPSA) is 75.5 Å². The molecule has 0 unspecified atom stereocenters. The molecule has 0 aromatic heterocycles. The minimum absolute atomic E-state index is 0.00396. The third-order valence-electron chi connectivity index (χ3n) is 3.49. The Kier molecular flexibility index (Phi) is 3.82. The number of nitrogens with one attached hydrogen (secondary N) is 1. The first-order chi connectivity index (χ1) is 10.1. The molecule has 1 atom stereocenters. The van der Waals surface area contributed by atoms with Crippen LogP contribution in [0.15, 0.2) is 35.7 Å². The summed E-state index contributed by atoms with van der Waals surface area (Å²) in [6, 6.07) is 2.30. The van der Waals surface area contributed by atoms with Crippen molar-refractivity contribution in [2.24, 2.45) is 0 Å². The van der Waals surface area contributed by atoms with Crippen molar-refractivity contribution in [2.75, 3.05) is 7.05 Å². The Morgan fingerprint density at radius 1 is 1.32 bits per heavy atom. The Bertz CT molecular complexity index is 670. The summed E-state index contributed by atoms with van der Waals surface area (Å²) in [6.45, 7) is 1.32. The van der Waals surface area contributed by atoms with Crippen LogP contribution in [0, 0.1) is 10.1 Å². The molecule has 1 heterocycles. The van der Waals surface area contributed by atoms with E-state index in [4.69, 9.17) is 0 Å². The van der Waals surface area contributed by atoms with E-state index in [1.807, 2.05) is 0 Å². The molecule has 1 aromatic carbocycles. The zero-order valence-corrected chi connectivity index (χ0v) is 11.6. The molecule has 0 radical (unpaired) electrons. The standard InChI is InChI=1S/C13H12F3N3O3/c1-7-11(19(21)22)10(17-12(20)18(7)2)8-5-3-4-6-9(8)13(14,15)16/h3-6,10H,1-2H3,(H,17,20)/t10-/m0/s1. The molecule has 6 nitrogen and oxygen atoms in total. The van der Waals surface area contributed by atoms with E-state index in [0.29, 0.717) is 0 Å². The largest absolute Gasteiger partial charge is 0.416 e.